The van der Waals surface area contributed by atoms with Crippen molar-refractivity contribution < 1.29 is 4.74 Å². The standard InChI is InChI=1S/C20H26Br2OSi/c1-20(2,16-23-17(15-22)13-14-21)24(18-9-5-3-6-10-18)19-11-7-4-8-12-19/h3-12,17,24H,13-16H2,1-2H3/t17-/m0/s1. The molecular weight excluding hydrogens is 444 g/mol. The molecule has 2 aromatic carbocycles. The molecule has 1 nitrogen and oxygen atoms in total. The Morgan fingerprint density at radius 2 is 1.42 bits per heavy atom. The lowest BCUT2D eigenvalue weighted by Crippen LogP contribution is -2.51. The maximum atomic E-state index is 6.28. The fourth-order valence-electron chi connectivity index (χ4n) is 3.13. The molecule has 130 valence electrons. The van der Waals surface area contributed by atoms with E-state index in [4.69, 9.17) is 4.74 Å². The van der Waals surface area contributed by atoms with Crippen LogP contribution in [-0.2, 0) is 4.74 Å². The highest BCUT2D eigenvalue weighted by atomic mass is 79.9. The van der Waals surface area contributed by atoms with Crippen molar-refractivity contribution in [3.63, 3.8) is 0 Å². The van der Waals surface area contributed by atoms with Gasteiger partial charge in [0.25, 0.3) is 0 Å². The van der Waals surface area contributed by atoms with Crippen LogP contribution in [0.2, 0.25) is 5.04 Å². The summed E-state index contributed by atoms with van der Waals surface area (Å²) in [4.78, 5) is 0. The van der Waals surface area contributed by atoms with Crippen LogP contribution in [0.3, 0.4) is 0 Å². The minimum Gasteiger partial charge on any atom is -0.377 e. The average molecular weight is 470 g/mol. The molecule has 0 heterocycles. The Bertz CT molecular complexity index is 550. The third-order valence-electron chi connectivity index (χ3n) is 4.34. The lowest BCUT2D eigenvalue weighted by Gasteiger charge is -2.35. The first kappa shape index (κ1) is 19.9. The fraction of sp³-hybridized carbons (Fsp3) is 0.400. The van der Waals surface area contributed by atoms with Gasteiger partial charge in [0, 0.05) is 10.7 Å². The predicted octanol–water partition coefficient (Wildman–Crippen LogP) is 4.37. The van der Waals surface area contributed by atoms with Gasteiger partial charge in [-0.2, -0.15) is 0 Å². The van der Waals surface area contributed by atoms with E-state index in [1.54, 1.807) is 0 Å². The Kier molecular flexibility index (Phi) is 8.21. The molecule has 0 aliphatic carbocycles. The van der Waals surface area contributed by atoms with E-state index in [1.807, 2.05) is 0 Å². The van der Waals surface area contributed by atoms with Crippen LogP contribution >= 0.6 is 31.9 Å². The first-order valence-corrected chi connectivity index (χ1v) is 12.4. The summed E-state index contributed by atoms with van der Waals surface area (Å²) in [7, 11) is -1.40. The van der Waals surface area contributed by atoms with E-state index in [9.17, 15) is 0 Å². The first-order valence-electron chi connectivity index (χ1n) is 8.42. The molecule has 0 saturated heterocycles. The van der Waals surface area contributed by atoms with E-state index in [-0.39, 0.29) is 11.1 Å². The van der Waals surface area contributed by atoms with E-state index in [0.717, 1.165) is 23.7 Å². The molecule has 1 atom stereocenters. The Morgan fingerprint density at radius 3 is 1.83 bits per heavy atom. The Morgan fingerprint density at radius 1 is 0.917 bits per heavy atom. The zero-order valence-corrected chi connectivity index (χ0v) is 18.7. The van der Waals surface area contributed by atoms with Crippen LogP contribution in [0.15, 0.2) is 60.7 Å². The third kappa shape index (κ3) is 5.55. The summed E-state index contributed by atoms with van der Waals surface area (Å²) in [6.07, 6.45) is 1.30. The van der Waals surface area contributed by atoms with Gasteiger partial charge in [0.15, 0.2) is 0 Å². The molecule has 0 amide bonds. The summed E-state index contributed by atoms with van der Waals surface area (Å²) in [5, 5.41) is 4.95. The Hall–Kier alpha value is -0.423. The van der Waals surface area contributed by atoms with Crippen LogP contribution in [0.1, 0.15) is 20.3 Å². The van der Waals surface area contributed by atoms with Crippen molar-refractivity contribution >= 4 is 51.0 Å². The molecule has 4 heteroatoms. The van der Waals surface area contributed by atoms with Gasteiger partial charge in [-0.15, -0.1) is 0 Å². The van der Waals surface area contributed by atoms with Gasteiger partial charge in [0.05, 0.1) is 12.7 Å². The third-order valence-corrected chi connectivity index (χ3v) is 9.35. The zero-order chi connectivity index (χ0) is 17.4. The number of alkyl halides is 2. The van der Waals surface area contributed by atoms with Gasteiger partial charge in [0.2, 0.25) is 0 Å². The van der Waals surface area contributed by atoms with Crippen molar-refractivity contribution in [2.24, 2.45) is 0 Å². The van der Waals surface area contributed by atoms with Crippen molar-refractivity contribution in [1.82, 2.24) is 0 Å². The van der Waals surface area contributed by atoms with Gasteiger partial charge in [0.1, 0.15) is 8.80 Å². The quantitative estimate of drug-likeness (QED) is 0.391. The fourth-order valence-corrected chi connectivity index (χ4v) is 7.82. The van der Waals surface area contributed by atoms with Gasteiger partial charge in [-0.25, -0.2) is 0 Å². The maximum absolute atomic E-state index is 6.28. The molecule has 0 aliphatic rings. The van der Waals surface area contributed by atoms with E-state index < -0.39 is 8.80 Å². The summed E-state index contributed by atoms with van der Waals surface area (Å²) in [6, 6.07) is 21.9. The van der Waals surface area contributed by atoms with Gasteiger partial charge in [-0.3, -0.25) is 0 Å². The van der Waals surface area contributed by atoms with E-state index in [0.29, 0.717) is 0 Å². The zero-order valence-electron chi connectivity index (χ0n) is 14.4. The summed E-state index contributed by atoms with van der Waals surface area (Å²) in [5.41, 5.74) is 0. The lowest BCUT2D eigenvalue weighted by molar-refractivity contribution is 0.0534. The molecule has 0 fully saturated rings. The number of benzene rings is 2. The van der Waals surface area contributed by atoms with Gasteiger partial charge in [-0.05, 0) is 11.5 Å². The molecule has 2 rings (SSSR count). The van der Waals surface area contributed by atoms with Crippen molar-refractivity contribution in [3.05, 3.63) is 60.7 Å². The first-order chi connectivity index (χ1) is 11.6. The minimum absolute atomic E-state index is 0.134. The molecule has 0 saturated carbocycles. The lowest BCUT2D eigenvalue weighted by atomic mass is 10.2. The molecule has 0 bridgehead atoms. The highest BCUT2D eigenvalue weighted by molar-refractivity contribution is 9.09. The van der Waals surface area contributed by atoms with Crippen LogP contribution in [0.4, 0.5) is 0 Å². The molecule has 0 radical (unpaired) electrons. The SMILES string of the molecule is CC(C)(CO[C@H](CBr)CCBr)[SiH](c1ccccc1)c1ccccc1. The van der Waals surface area contributed by atoms with E-state index in [1.165, 1.54) is 10.4 Å². The number of hydrogen-bond donors (Lipinski definition) is 0. The van der Waals surface area contributed by atoms with Crippen LogP contribution < -0.4 is 10.4 Å². The van der Waals surface area contributed by atoms with E-state index >= 15 is 0 Å². The molecule has 0 aliphatic heterocycles. The van der Waals surface area contributed by atoms with Gasteiger partial charge >= 0.3 is 0 Å². The largest absolute Gasteiger partial charge is 0.377 e. The molecular formula is C20H26Br2OSi. The normalized spacial score (nSPS) is 13.2. The van der Waals surface area contributed by atoms with Crippen LogP contribution in [0, 0.1) is 0 Å². The topological polar surface area (TPSA) is 9.23 Å². The van der Waals surface area contributed by atoms with Crippen LogP contribution in [0.5, 0.6) is 0 Å². The van der Waals surface area contributed by atoms with Crippen molar-refractivity contribution in [2.45, 2.75) is 31.4 Å². The Labute approximate surface area is 164 Å². The smallest absolute Gasteiger partial charge is 0.110 e. The molecule has 0 unspecified atom stereocenters. The number of halogens is 2. The van der Waals surface area contributed by atoms with Crippen LogP contribution in [0.25, 0.3) is 0 Å². The molecule has 24 heavy (non-hydrogen) atoms. The second-order valence-corrected chi connectivity index (χ2v) is 12.0. The molecule has 0 aromatic heterocycles. The van der Waals surface area contributed by atoms with Gasteiger partial charge in [-0.1, -0.05) is 117 Å². The minimum atomic E-state index is -1.40. The second-order valence-electron chi connectivity index (χ2n) is 6.81. The number of ether oxygens (including phenoxy) is 1. The Balaban J connectivity index is 2.25. The van der Waals surface area contributed by atoms with Crippen molar-refractivity contribution in [3.8, 4) is 0 Å². The summed E-state index contributed by atoms with van der Waals surface area (Å²) >= 11 is 7.10. The predicted molar refractivity (Wildman–Crippen MR) is 115 cm³/mol. The highest BCUT2D eigenvalue weighted by Gasteiger charge is 2.34. The van der Waals surface area contributed by atoms with Crippen LogP contribution in [-0.4, -0.2) is 32.2 Å². The average Bonchev–Trinajstić information content (AvgIpc) is 2.60. The number of hydrogen-bond acceptors (Lipinski definition) is 1. The second kappa shape index (κ2) is 9.90. The van der Waals surface area contributed by atoms with Crippen molar-refractivity contribution in [2.75, 3.05) is 17.3 Å². The van der Waals surface area contributed by atoms with E-state index in [2.05, 4.69) is 106 Å². The summed E-state index contributed by atoms with van der Waals surface area (Å²) in [5.74, 6) is 0. The molecule has 2 aromatic rings. The monoisotopic (exact) mass is 468 g/mol. The summed E-state index contributed by atoms with van der Waals surface area (Å²) in [6.45, 7) is 5.52. The molecule has 0 spiro atoms. The number of rotatable bonds is 9. The summed E-state index contributed by atoms with van der Waals surface area (Å²) < 4.78 is 6.28. The van der Waals surface area contributed by atoms with Crippen molar-refractivity contribution in [1.29, 1.82) is 0 Å². The van der Waals surface area contributed by atoms with Gasteiger partial charge < -0.3 is 4.74 Å². The highest BCUT2D eigenvalue weighted by Crippen LogP contribution is 2.29. The maximum Gasteiger partial charge on any atom is 0.110 e. The molecule has 0 N–H and O–H groups in total.